The number of esters is 1. The van der Waals surface area contributed by atoms with Crippen molar-refractivity contribution in [1.29, 1.82) is 0 Å². The van der Waals surface area contributed by atoms with E-state index in [2.05, 4.69) is 11.9 Å². The van der Waals surface area contributed by atoms with Crippen LogP contribution in [-0.2, 0) is 14.3 Å². The van der Waals surface area contributed by atoms with Crippen LogP contribution < -0.4 is 5.32 Å². The maximum atomic E-state index is 12.5. The molecule has 1 aromatic rings. The highest BCUT2D eigenvalue weighted by Gasteiger charge is 2.35. The molecule has 1 aliphatic carbocycles. The molecule has 0 spiro atoms. The minimum Gasteiger partial charge on any atom is -0.461 e. The van der Waals surface area contributed by atoms with E-state index in [1.807, 2.05) is 12.2 Å². The standard InChI is InChI=1S/C17H17Cl2NO3/c1-2-9-23-17(22)13-6-4-3-5-12(13)16(21)20-15-8-7-11(18)10-14(15)19/h2-4,7-8,10,12-13H,1,5-6,9H2,(H,20,21)/t12-,13-/m0/s1. The summed E-state index contributed by atoms with van der Waals surface area (Å²) in [6, 6.07) is 4.82. The number of nitrogens with one attached hydrogen (secondary N) is 1. The van der Waals surface area contributed by atoms with Crippen molar-refractivity contribution in [3.63, 3.8) is 0 Å². The maximum absolute atomic E-state index is 12.5. The van der Waals surface area contributed by atoms with E-state index in [-0.39, 0.29) is 12.5 Å². The van der Waals surface area contributed by atoms with E-state index in [9.17, 15) is 9.59 Å². The van der Waals surface area contributed by atoms with Gasteiger partial charge in [0.25, 0.3) is 0 Å². The Bertz CT molecular complexity index is 643. The quantitative estimate of drug-likeness (QED) is 0.636. The van der Waals surface area contributed by atoms with Crippen LogP contribution >= 0.6 is 23.2 Å². The van der Waals surface area contributed by atoms with Gasteiger partial charge in [-0.2, -0.15) is 0 Å². The summed E-state index contributed by atoms with van der Waals surface area (Å²) < 4.78 is 5.09. The van der Waals surface area contributed by atoms with Crippen molar-refractivity contribution >= 4 is 40.8 Å². The Kier molecular flexibility index (Phi) is 6.25. The van der Waals surface area contributed by atoms with E-state index in [1.165, 1.54) is 6.08 Å². The number of hydrogen-bond donors (Lipinski definition) is 1. The van der Waals surface area contributed by atoms with Gasteiger partial charge in [0.15, 0.2) is 0 Å². The second kappa shape index (κ2) is 8.18. The number of carbonyl (C=O) groups is 2. The van der Waals surface area contributed by atoms with Gasteiger partial charge in [0.05, 0.1) is 22.5 Å². The smallest absolute Gasteiger partial charge is 0.310 e. The van der Waals surface area contributed by atoms with E-state index in [0.717, 1.165) is 0 Å². The molecule has 0 heterocycles. The number of carbonyl (C=O) groups excluding carboxylic acids is 2. The molecule has 0 saturated heterocycles. The summed E-state index contributed by atoms with van der Waals surface area (Å²) >= 11 is 11.9. The summed E-state index contributed by atoms with van der Waals surface area (Å²) in [6.45, 7) is 3.64. The summed E-state index contributed by atoms with van der Waals surface area (Å²) in [5.41, 5.74) is 0.467. The van der Waals surface area contributed by atoms with Crippen LogP contribution in [0.2, 0.25) is 10.0 Å². The summed E-state index contributed by atoms with van der Waals surface area (Å²) in [4.78, 5) is 24.6. The van der Waals surface area contributed by atoms with Crippen molar-refractivity contribution in [2.75, 3.05) is 11.9 Å². The van der Waals surface area contributed by atoms with Crippen molar-refractivity contribution in [2.45, 2.75) is 12.8 Å². The second-order valence-electron chi connectivity index (χ2n) is 5.19. The highest BCUT2D eigenvalue weighted by Crippen LogP contribution is 2.30. The highest BCUT2D eigenvalue weighted by atomic mass is 35.5. The van der Waals surface area contributed by atoms with Gasteiger partial charge in [-0.3, -0.25) is 9.59 Å². The summed E-state index contributed by atoms with van der Waals surface area (Å²) in [5.74, 6) is -1.66. The molecule has 6 heteroatoms. The fourth-order valence-electron chi connectivity index (χ4n) is 2.43. The van der Waals surface area contributed by atoms with Crippen LogP contribution in [0.4, 0.5) is 5.69 Å². The monoisotopic (exact) mass is 353 g/mol. The van der Waals surface area contributed by atoms with E-state index < -0.39 is 17.8 Å². The average molecular weight is 354 g/mol. The molecule has 0 saturated carbocycles. The number of hydrogen-bond acceptors (Lipinski definition) is 3. The maximum Gasteiger partial charge on any atom is 0.310 e. The molecule has 0 aromatic heterocycles. The Hall–Kier alpha value is -1.78. The first-order valence-electron chi connectivity index (χ1n) is 7.21. The lowest BCUT2D eigenvalue weighted by molar-refractivity contribution is -0.151. The third-order valence-corrected chi connectivity index (χ3v) is 4.15. The van der Waals surface area contributed by atoms with Gasteiger partial charge >= 0.3 is 5.97 Å². The number of halogens is 2. The summed E-state index contributed by atoms with van der Waals surface area (Å²) in [7, 11) is 0. The van der Waals surface area contributed by atoms with Gasteiger partial charge in [0.1, 0.15) is 6.61 Å². The van der Waals surface area contributed by atoms with Crippen LogP contribution in [0.5, 0.6) is 0 Å². The van der Waals surface area contributed by atoms with Gasteiger partial charge in [-0.05, 0) is 31.0 Å². The molecule has 2 atom stereocenters. The SMILES string of the molecule is C=CCOC(=O)[C@H]1CC=CC[C@@H]1C(=O)Nc1ccc(Cl)cc1Cl. The van der Waals surface area contributed by atoms with E-state index >= 15 is 0 Å². The van der Waals surface area contributed by atoms with Gasteiger partial charge in [0, 0.05) is 5.02 Å². The summed E-state index contributed by atoms with van der Waals surface area (Å²) in [6.07, 6.45) is 6.23. The molecule has 0 bridgehead atoms. The molecule has 23 heavy (non-hydrogen) atoms. The third kappa shape index (κ3) is 4.60. The average Bonchev–Trinajstić information content (AvgIpc) is 2.55. The lowest BCUT2D eigenvalue weighted by Gasteiger charge is -2.26. The highest BCUT2D eigenvalue weighted by molar-refractivity contribution is 6.36. The molecule has 1 aliphatic rings. The van der Waals surface area contributed by atoms with Crippen LogP contribution in [0, 0.1) is 11.8 Å². The molecular weight excluding hydrogens is 337 g/mol. The van der Waals surface area contributed by atoms with Crippen LogP contribution in [-0.4, -0.2) is 18.5 Å². The second-order valence-corrected chi connectivity index (χ2v) is 6.03. The van der Waals surface area contributed by atoms with E-state index in [4.69, 9.17) is 27.9 Å². The molecule has 1 aromatic carbocycles. The minimum absolute atomic E-state index is 0.135. The van der Waals surface area contributed by atoms with E-state index in [1.54, 1.807) is 18.2 Å². The van der Waals surface area contributed by atoms with Gasteiger partial charge in [-0.15, -0.1) is 0 Å². The number of allylic oxidation sites excluding steroid dienone is 2. The van der Waals surface area contributed by atoms with Crippen LogP contribution in [0.15, 0.2) is 43.0 Å². The molecular formula is C17H17Cl2NO3. The van der Waals surface area contributed by atoms with E-state index in [0.29, 0.717) is 28.6 Å². The zero-order valence-corrected chi connectivity index (χ0v) is 13.9. The zero-order valence-electron chi connectivity index (χ0n) is 12.4. The van der Waals surface area contributed by atoms with Crippen LogP contribution in [0.1, 0.15) is 12.8 Å². The number of amides is 1. The van der Waals surface area contributed by atoms with Crippen molar-refractivity contribution in [2.24, 2.45) is 11.8 Å². The number of ether oxygens (including phenoxy) is 1. The molecule has 2 rings (SSSR count). The van der Waals surface area contributed by atoms with Gasteiger partial charge in [0.2, 0.25) is 5.91 Å². The fraction of sp³-hybridized carbons (Fsp3) is 0.294. The number of rotatable bonds is 5. The molecule has 0 radical (unpaired) electrons. The minimum atomic E-state index is -0.508. The predicted octanol–water partition coefficient (Wildman–Crippen LogP) is 4.24. The number of anilines is 1. The Labute approximate surface area is 145 Å². The Morgan fingerprint density at radius 1 is 1.26 bits per heavy atom. The molecule has 1 amide bonds. The van der Waals surface area contributed by atoms with Crippen molar-refractivity contribution in [1.82, 2.24) is 0 Å². The van der Waals surface area contributed by atoms with Crippen LogP contribution in [0.25, 0.3) is 0 Å². The Balaban J connectivity index is 2.10. The van der Waals surface area contributed by atoms with Crippen molar-refractivity contribution in [3.05, 3.63) is 53.1 Å². The first kappa shape index (κ1) is 17.6. The van der Waals surface area contributed by atoms with Crippen LogP contribution in [0.3, 0.4) is 0 Å². The van der Waals surface area contributed by atoms with Gasteiger partial charge < -0.3 is 10.1 Å². The first-order chi connectivity index (χ1) is 11.0. The lowest BCUT2D eigenvalue weighted by atomic mass is 9.82. The first-order valence-corrected chi connectivity index (χ1v) is 7.97. The number of benzene rings is 1. The predicted molar refractivity (Wildman–Crippen MR) is 91.6 cm³/mol. The molecule has 0 unspecified atom stereocenters. The Morgan fingerprint density at radius 2 is 1.96 bits per heavy atom. The molecule has 0 fully saturated rings. The largest absolute Gasteiger partial charge is 0.461 e. The Morgan fingerprint density at radius 3 is 2.61 bits per heavy atom. The molecule has 4 nitrogen and oxygen atoms in total. The topological polar surface area (TPSA) is 55.4 Å². The molecule has 0 aliphatic heterocycles. The normalized spacial score (nSPS) is 19.9. The van der Waals surface area contributed by atoms with Crippen molar-refractivity contribution < 1.29 is 14.3 Å². The van der Waals surface area contributed by atoms with Gasteiger partial charge in [-0.1, -0.05) is 48.0 Å². The van der Waals surface area contributed by atoms with Crippen molar-refractivity contribution in [3.8, 4) is 0 Å². The molecule has 1 N–H and O–H groups in total. The zero-order chi connectivity index (χ0) is 16.8. The lowest BCUT2D eigenvalue weighted by Crippen LogP contribution is -2.35. The summed E-state index contributed by atoms with van der Waals surface area (Å²) in [5, 5.41) is 3.59. The molecule has 122 valence electrons. The van der Waals surface area contributed by atoms with Gasteiger partial charge in [-0.25, -0.2) is 0 Å². The fourth-order valence-corrected chi connectivity index (χ4v) is 2.88. The third-order valence-electron chi connectivity index (χ3n) is 3.60.